The summed E-state index contributed by atoms with van der Waals surface area (Å²) in [4.78, 5) is 36.6. The van der Waals surface area contributed by atoms with Crippen LogP contribution in [0.2, 0.25) is 0 Å². The Bertz CT molecular complexity index is 979. The van der Waals surface area contributed by atoms with E-state index in [0.717, 1.165) is 15.1 Å². The molecular weight excluding hydrogens is 382 g/mol. The summed E-state index contributed by atoms with van der Waals surface area (Å²) in [6.07, 6.45) is -1.04. The van der Waals surface area contributed by atoms with Crippen LogP contribution in [0.25, 0.3) is 10.8 Å². The molecule has 0 saturated heterocycles. The van der Waals surface area contributed by atoms with E-state index >= 15 is 0 Å². The van der Waals surface area contributed by atoms with Crippen molar-refractivity contribution in [2.24, 2.45) is 0 Å². The lowest BCUT2D eigenvalue weighted by Crippen LogP contribution is -2.35. The number of aryl methyl sites for hydroxylation is 1. The van der Waals surface area contributed by atoms with E-state index in [1.807, 2.05) is 41.8 Å². The molecule has 2 aromatic heterocycles. The molecule has 0 spiro atoms. The summed E-state index contributed by atoms with van der Waals surface area (Å²) in [5.74, 6) is -1.43. The molecule has 1 amide bonds. The Morgan fingerprint density at radius 1 is 1.25 bits per heavy atom. The molecule has 0 aliphatic heterocycles. The number of aromatic nitrogens is 2. The molecule has 0 aliphatic rings. The number of ether oxygens (including phenoxy) is 1. The van der Waals surface area contributed by atoms with Gasteiger partial charge in [-0.25, -0.2) is 4.79 Å². The third-order valence-corrected chi connectivity index (χ3v) is 4.71. The molecule has 0 fully saturated rings. The second-order valence-corrected chi connectivity index (χ2v) is 6.91. The third kappa shape index (κ3) is 5.17. The lowest BCUT2D eigenvalue weighted by molar-refractivity contribution is -0.155. The molecule has 0 radical (unpaired) electrons. The molecule has 28 heavy (non-hydrogen) atoms. The molecule has 0 saturated carbocycles. The minimum Gasteiger partial charge on any atom is -0.452 e. The molecule has 0 aliphatic carbocycles. The van der Waals surface area contributed by atoms with Crippen molar-refractivity contribution in [3.8, 4) is 10.8 Å². The molecule has 1 N–H and O–H groups in total. The smallest absolute Gasteiger partial charge is 0.437 e. The molecule has 1 atom stereocenters. The van der Waals surface area contributed by atoms with Crippen molar-refractivity contribution in [1.29, 1.82) is 0 Å². The monoisotopic (exact) mass is 401 g/mol. The first-order valence-corrected chi connectivity index (χ1v) is 9.54. The Balaban J connectivity index is 1.46. The van der Waals surface area contributed by atoms with Gasteiger partial charge in [-0.1, -0.05) is 36.4 Å². The fourth-order valence-corrected chi connectivity index (χ4v) is 3.03. The number of esters is 1. The van der Waals surface area contributed by atoms with Gasteiger partial charge in [-0.05, 0) is 23.9 Å². The highest BCUT2D eigenvalue weighted by Gasteiger charge is 2.18. The van der Waals surface area contributed by atoms with Crippen molar-refractivity contribution in [1.82, 2.24) is 15.1 Å². The Kier molecular flexibility index (Phi) is 6.38. The Morgan fingerprint density at radius 3 is 2.75 bits per heavy atom. The van der Waals surface area contributed by atoms with Crippen LogP contribution in [0.5, 0.6) is 0 Å². The lowest BCUT2D eigenvalue weighted by Gasteiger charge is -2.13. The van der Waals surface area contributed by atoms with Crippen molar-refractivity contribution in [2.45, 2.75) is 32.5 Å². The topological polar surface area (TPSA) is 103 Å². The van der Waals surface area contributed by atoms with Crippen LogP contribution in [0, 0.1) is 0 Å². The fraction of sp³-hybridized carbons (Fsp3) is 0.263. The number of hydrogen-bond donors (Lipinski definition) is 1. The highest BCUT2D eigenvalue weighted by Crippen LogP contribution is 2.21. The van der Waals surface area contributed by atoms with Gasteiger partial charge in [0.1, 0.15) is 0 Å². The first-order valence-electron chi connectivity index (χ1n) is 8.66. The van der Waals surface area contributed by atoms with Crippen LogP contribution in [-0.2, 0) is 27.4 Å². The summed E-state index contributed by atoms with van der Waals surface area (Å²) in [5.41, 5.74) is 0.946. The average molecular weight is 401 g/mol. The van der Waals surface area contributed by atoms with Crippen molar-refractivity contribution in [3.63, 3.8) is 0 Å². The van der Waals surface area contributed by atoms with Crippen LogP contribution < -0.4 is 11.1 Å². The molecule has 9 heteroatoms. The molecular formula is C19H19N3O5S. The number of carbonyl (C=O) groups is 2. The van der Waals surface area contributed by atoms with E-state index in [2.05, 4.69) is 10.4 Å². The van der Waals surface area contributed by atoms with Gasteiger partial charge in [-0.3, -0.25) is 9.59 Å². The summed E-state index contributed by atoms with van der Waals surface area (Å²) in [6.45, 7) is 1.85. The number of rotatable bonds is 8. The van der Waals surface area contributed by atoms with Crippen LogP contribution in [-0.4, -0.2) is 27.8 Å². The maximum absolute atomic E-state index is 12.0. The Labute approximate surface area is 164 Å². The van der Waals surface area contributed by atoms with Gasteiger partial charge in [0.25, 0.3) is 11.8 Å². The van der Waals surface area contributed by atoms with Crippen LogP contribution in [0.15, 0.2) is 57.1 Å². The van der Waals surface area contributed by atoms with E-state index in [9.17, 15) is 14.4 Å². The zero-order chi connectivity index (χ0) is 19.9. The molecule has 146 valence electrons. The van der Waals surface area contributed by atoms with E-state index in [1.165, 1.54) is 18.3 Å². The molecule has 8 nitrogen and oxygen atoms in total. The molecule has 2 heterocycles. The maximum atomic E-state index is 12.0. The summed E-state index contributed by atoms with van der Waals surface area (Å²) in [5, 5.41) is 8.61. The minimum atomic E-state index is -0.938. The maximum Gasteiger partial charge on any atom is 0.437 e. The molecule has 3 rings (SSSR count). The van der Waals surface area contributed by atoms with Gasteiger partial charge in [0.15, 0.2) is 6.10 Å². The number of nitrogens with zero attached hydrogens (tertiary/aromatic N) is 2. The summed E-state index contributed by atoms with van der Waals surface area (Å²) < 4.78 is 11.3. The molecule has 1 unspecified atom stereocenters. The zero-order valence-electron chi connectivity index (χ0n) is 15.2. The average Bonchev–Trinajstić information content (AvgIpc) is 3.35. The second kappa shape index (κ2) is 9.14. The van der Waals surface area contributed by atoms with Gasteiger partial charge in [-0.2, -0.15) is 4.68 Å². The number of carbonyl (C=O) groups excluding carboxylic acids is 2. The summed E-state index contributed by atoms with van der Waals surface area (Å²) in [7, 11) is 0. The lowest BCUT2D eigenvalue weighted by atomic mass is 10.2. The molecule has 1 aromatic carbocycles. The van der Waals surface area contributed by atoms with Crippen molar-refractivity contribution in [2.75, 3.05) is 0 Å². The summed E-state index contributed by atoms with van der Waals surface area (Å²) in [6, 6.07) is 13.0. The number of benzene rings is 1. The van der Waals surface area contributed by atoms with Crippen LogP contribution in [0.3, 0.4) is 0 Å². The molecule has 0 bridgehead atoms. The second-order valence-electron chi connectivity index (χ2n) is 5.96. The highest BCUT2D eigenvalue weighted by molar-refractivity contribution is 7.13. The third-order valence-electron chi connectivity index (χ3n) is 3.85. The first-order chi connectivity index (χ1) is 13.5. The largest absolute Gasteiger partial charge is 0.452 e. The predicted molar refractivity (Wildman–Crippen MR) is 103 cm³/mol. The number of thiophene rings is 1. The van der Waals surface area contributed by atoms with Crippen molar-refractivity contribution in [3.05, 3.63) is 64.0 Å². The number of amides is 1. The number of nitrogens with one attached hydrogen (secondary N) is 1. The predicted octanol–water partition coefficient (Wildman–Crippen LogP) is 2.20. The standard InChI is InChI=1S/C19H19N3O5S/c1-13(17(24)20-12-14-6-3-2-4-7-14)26-16(23)9-10-22-19(25)27-18(21-22)15-8-5-11-28-15/h2-8,11,13H,9-10,12H2,1H3,(H,20,24). The minimum absolute atomic E-state index is 0.00486. The van der Waals surface area contributed by atoms with Gasteiger partial charge < -0.3 is 14.5 Å². The van der Waals surface area contributed by atoms with Crippen LogP contribution in [0.4, 0.5) is 0 Å². The Morgan fingerprint density at radius 2 is 2.04 bits per heavy atom. The Hall–Kier alpha value is -3.20. The van der Waals surface area contributed by atoms with Crippen LogP contribution in [0.1, 0.15) is 18.9 Å². The zero-order valence-corrected chi connectivity index (χ0v) is 16.0. The van der Waals surface area contributed by atoms with Gasteiger partial charge in [-0.15, -0.1) is 16.4 Å². The van der Waals surface area contributed by atoms with E-state index in [4.69, 9.17) is 9.15 Å². The van der Waals surface area contributed by atoms with Gasteiger partial charge in [0.05, 0.1) is 17.8 Å². The van der Waals surface area contributed by atoms with E-state index < -0.39 is 23.7 Å². The van der Waals surface area contributed by atoms with Gasteiger partial charge in [0.2, 0.25) is 0 Å². The van der Waals surface area contributed by atoms with E-state index in [0.29, 0.717) is 6.54 Å². The van der Waals surface area contributed by atoms with Gasteiger partial charge in [0, 0.05) is 6.54 Å². The van der Waals surface area contributed by atoms with E-state index in [-0.39, 0.29) is 18.9 Å². The fourth-order valence-electron chi connectivity index (χ4n) is 2.38. The quantitative estimate of drug-likeness (QED) is 0.581. The number of hydrogen-bond acceptors (Lipinski definition) is 7. The first kappa shape index (κ1) is 19.6. The van der Waals surface area contributed by atoms with E-state index in [1.54, 1.807) is 6.07 Å². The van der Waals surface area contributed by atoms with Crippen LogP contribution >= 0.6 is 11.3 Å². The normalized spacial score (nSPS) is 11.8. The van der Waals surface area contributed by atoms with Crippen molar-refractivity contribution < 1.29 is 18.7 Å². The molecule has 3 aromatic rings. The highest BCUT2D eigenvalue weighted by atomic mass is 32.1. The van der Waals surface area contributed by atoms with Gasteiger partial charge >= 0.3 is 11.7 Å². The summed E-state index contributed by atoms with van der Waals surface area (Å²) >= 11 is 1.39. The van der Waals surface area contributed by atoms with Crippen molar-refractivity contribution >= 4 is 23.2 Å². The SMILES string of the molecule is CC(OC(=O)CCn1nc(-c2cccs2)oc1=O)C(=O)NCc1ccccc1.